The molecule has 2 atom stereocenters. The first-order valence-corrected chi connectivity index (χ1v) is 21.9. The second-order valence-corrected chi connectivity index (χ2v) is 15.1. The van der Waals surface area contributed by atoms with E-state index >= 15 is 0 Å². The molecule has 0 aromatic rings. The van der Waals surface area contributed by atoms with Crippen molar-refractivity contribution in [3.63, 3.8) is 0 Å². The average Bonchev–Trinajstić information content (AvgIpc) is 3.09. The van der Waals surface area contributed by atoms with E-state index in [1.165, 1.54) is 193 Å². The van der Waals surface area contributed by atoms with Crippen LogP contribution in [-0.4, -0.2) is 34.9 Å². The molecule has 0 unspecified atom stereocenters. The Hall–Kier alpha value is -0.870. The fraction of sp³-hybridized carbons (Fsp3) is 0.932. The zero-order valence-corrected chi connectivity index (χ0v) is 32.8. The summed E-state index contributed by atoms with van der Waals surface area (Å²) in [4.78, 5) is 12.4. The number of aliphatic hydroxyl groups is 2. The zero-order chi connectivity index (χ0) is 35.0. The van der Waals surface area contributed by atoms with Crippen molar-refractivity contribution in [2.45, 2.75) is 257 Å². The largest absolute Gasteiger partial charge is 0.394 e. The monoisotopic (exact) mass is 678 g/mol. The molecule has 1 amide bonds. The van der Waals surface area contributed by atoms with Crippen molar-refractivity contribution in [3.05, 3.63) is 12.2 Å². The van der Waals surface area contributed by atoms with Crippen molar-refractivity contribution in [1.29, 1.82) is 0 Å². The van der Waals surface area contributed by atoms with E-state index in [9.17, 15) is 15.0 Å². The van der Waals surface area contributed by atoms with E-state index in [0.717, 1.165) is 25.7 Å². The van der Waals surface area contributed by atoms with Crippen molar-refractivity contribution < 1.29 is 15.0 Å². The number of unbranched alkanes of at least 4 members (excludes halogenated alkanes) is 31. The van der Waals surface area contributed by atoms with Crippen LogP contribution in [0.15, 0.2) is 12.2 Å². The van der Waals surface area contributed by atoms with Gasteiger partial charge >= 0.3 is 0 Å². The molecule has 48 heavy (non-hydrogen) atoms. The molecule has 0 heterocycles. The maximum Gasteiger partial charge on any atom is 0.220 e. The molecular formula is C44H87NO3. The summed E-state index contributed by atoms with van der Waals surface area (Å²) < 4.78 is 0. The molecule has 0 aliphatic heterocycles. The van der Waals surface area contributed by atoms with E-state index < -0.39 is 12.1 Å². The Morgan fingerprint density at radius 1 is 0.479 bits per heavy atom. The summed E-state index contributed by atoms with van der Waals surface area (Å²) in [6, 6.07) is -0.531. The molecule has 0 bridgehead atoms. The third-order valence-electron chi connectivity index (χ3n) is 10.3. The fourth-order valence-electron chi connectivity index (χ4n) is 6.89. The molecule has 0 fully saturated rings. The predicted molar refractivity (Wildman–Crippen MR) is 212 cm³/mol. The van der Waals surface area contributed by atoms with Gasteiger partial charge in [-0.2, -0.15) is 0 Å². The number of aliphatic hydroxyl groups excluding tert-OH is 2. The molecule has 0 aliphatic rings. The summed E-state index contributed by atoms with van der Waals surface area (Å²) in [6.07, 6.45) is 50.0. The van der Waals surface area contributed by atoms with Crippen molar-refractivity contribution in [2.24, 2.45) is 0 Å². The number of rotatable bonds is 40. The molecule has 0 aromatic heterocycles. The highest BCUT2D eigenvalue weighted by Crippen LogP contribution is 2.16. The molecule has 286 valence electrons. The summed E-state index contributed by atoms with van der Waals surface area (Å²) >= 11 is 0. The van der Waals surface area contributed by atoms with Gasteiger partial charge in [-0.05, 0) is 38.5 Å². The van der Waals surface area contributed by atoms with Gasteiger partial charge < -0.3 is 15.5 Å². The standard InChI is InChI=1S/C44H87NO3/c1-3-5-7-9-11-13-15-17-18-19-20-21-22-23-24-25-26-28-30-32-34-36-38-40-44(48)45-42(41-46)43(47)39-37-35-33-31-29-27-16-14-12-10-8-6-4-2/h17-18,42-43,46-47H,3-16,19-41H2,1-2H3,(H,45,48)/t42-,43+/m0/s1. The lowest BCUT2D eigenvalue weighted by Gasteiger charge is -2.22. The van der Waals surface area contributed by atoms with E-state index in [4.69, 9.17) is 0 Å². The third kappa shape index (κ3) is 36.4. The van der Waals surface area contributed by atoms with Gasteiger partial charge in [0, 0.05) is 6.42 Å². The lowest BCUT2D eigenvalue weighted by atomic mass is 10.0. The van der Waals surface area contributed by atoms with Crippen LogP contribution in [0.25, 0.3) is 0 Å². The van der Waals surface area contributed by atoms with E-state index in [0.29, 0.717) is 12.8 Å². The van der Waals surface area contributed by atoms with Gasteiger partial charge in [0.15, 0.2) is 0 Å². The van der Waals surface area contributed by atoms with E-state index in [1.807, 2.05) is 0 Å². The molecule has 0 spiro atoms. The minimum absolute atomic E-state index is 0.0292. The number of amides is 1. The lowest BCUT2D eigenvalue weighted by Crippen LogP contribution is -2.45. The second kappa shape index (κ2) is 40.6. The van der Waals surface area contributed by atoms with Gasteiger partial charge in [0.25, 0.3) is 0 Å². The molecular weight excluding hydrogens is 590 g/mol. The Balaban J connectivity index is 3.46. The molecule has 4 nitrogen and oxygen atoms in total. The van der Waals surface area contributed by atoms with Crippen LogP contribution in [0.4, 0.5) is 0 Å². The first-order chi connectivity index (χ1) is 23.7. The molecule has 0 radical (unpaired) electrons. The quantitative estimate of drug-likeness (QED) is 0.0446. The first kappa shape index (κ1) is 47.1. The Morgan fingerprint density at radius 2 is 0.792 bits per heavy atom. The van der Waals surface area contributed by atoms with Crippen LogP contribution in [0.5, 0.6) is 0 Å². The van der Waals surface area contributed by atoms with Gasteiger partial charge in [0.05, 0.1) is 18.8 Å². The van der Waals surface area contributed by atoms with Crippen LogP contribution in [0.2, 0.25) is 0 Å². The van der Waals surface area contributed by atoms with E-state index in [-0.39, 0.29) is 12.5 Å². The minimum atomic E-state index is -0.654. The van der Waals surface area contributed by atoms with Gasteiger partial charge in [-0.25, -0.2) is 0 Å². The zero-order valence-electron chi connectivity index (χ0n) is 32.8. The van der Waals surface area contributed by atoms with Crippen LogP contribution in [0.3, 0.4) is 0 Å². The van der Waals surface area contributed by atoms with Gasteiger partial charge in [0.1, 0.15) is 0 Å². The van der Waals surface area contributed by atoms with Crippen LogP contribution >= 0.6 is 0 Å². The minimum Gasteiger partial charge on any atom is -0.394 e. The average molecular weight is 678 g/mol. The maximum atomic E-state index is 12.4. The summed E-state index contributed by atoms with van der Waals surface area (Å²) in [5.74, 6) is -0.0292. The van der Waals surface area contributed by atoms with Crippen molar-refractivity contribution >= 4 is 5.91 Å². The maximum absolute atomic E-state index is 12.4. The first-order valence-electron chi connectivity index (χ1n) is 21.9. The van der Waals surface area contributed by atoms with Crippen molar-refractivity contribution in [3.8, 4) is 0 Å². The molecule has 0 aromatic carbocycles. The van der Waals surface area contributed by atoms with Gasteiger partial charge in [0.2, 0.25) is 5.91 Å². The number of hydrogen-bond acceptors (Lipinski definition) is 3. The topological polar surface area (TPSA) is 69.6 Å². The molecule has 0 saturated carbocycles. The Kier molecular flexibility index (Phi) is 39.8. The fourth-order valence-corrected chi connectivity index (χ4v) is 6.89. The van der Waals surface area contributed by atoms with Crippen LogP contribution < -0.4 is 5.32 Å². The SMILES string of the molecule is CCCCCCCCC=CCCCCCCCCCCCCCCCC(=O)N[C@@H](CO)[C@H](O)CCCCCCCCCCCCCCC. The second-order valence-electron chi connectivity index (χ2n) is 15.1. The summed E-state index contributed by atoms with van der Waals surface area (Å²) in [5, 5.41) is 23.1. The van der Waals surface area contributed by atoms with Crippen LogP contribution in [0, 0.1) is 0 Å². The Morgan fingerprint density at radius 3 is 1.15 bits per heavy atom. The van der Waals surface area contributed by atoms with Crippen LogP contribution in [0.1, 0.15) is 245 Å². The predicted octanol–water partition coefficient (Wildman–Crippen LogP) is 13.5. The number of nitrogens with one attached hydrogen (secondary N) is 1. The van der Waals surface area contributed by atoms with E-state index in [1.54, 1.807) is 0 Å². The van der Waals surface area contributed by atoms with Gasteiger partial charge in [-0.15, -0.1) is 0 Å². The summed E-state index contributed by atoms with van der Waals surface area (Å²) in [6.45, 7) is 4.36. The van der Waals surface area contributed by atoms with Crippen LogP contribution in [-0.2, 0) is 4.79 Å². The van der Waals surface area contributed by atoms with Gasteiger partial charge in [-0.1, -0.05) is 212 Å². The highest BCUT2D eigenvalue weighted by atomic mass is 16.3. The lowest BCUT2D eigenvalue weighted by molar-refractivity contribution is -0.123. The highest BCUT2D eigenvalue weighted by molar-refractivity contribution is 5.76. The molecule has 0 aliphatic carbocycles. The Bertz CT molecular complexity index is 651. The van der Waals surface area contributed by atoms with Crippen molar-refractivity contribution in [2.75, 3.05) is 6.61 Å². The van der Waals surface area contributed by atoms with E-state index in [2.05, 4.69) is 31.3 Å². The number of carbonyl (C=O) groups excluding carboxylic acids is 1. The summed E-state index contributed by atoms with van der Waals surface area (Å²) in [7, 11) is 0. The molecule has 0 rings (SSSR count). The van der Waals surface area contributed by atoms with Gasteiger partial charge in [-0.3, -0.25) is 4.79 Å². The number of hydrogen-bond donors (Lipinski definition) is 3. The molecule has 3 N–H and O–H groups in total. The number of allylic oxidation sites excluding steroid dienone is 2. The third-order valence-corrected chi connectivity index (χ3v) is 10.3. The molecule has 0 saturated heterocycles. The smallest absolute Gasteiger partial charge is 0.220 e. The number of carbonyl (C=O) groups is 1. The van der Waals surface area contributed by atoms with Crippen molar-refractivity contribution in [1.82, 2.24) is 5.32 Å². The Labute approximate surface area is 301 Å². The highest BCUT2D eigenvalue weighted by Gasteiger charge is 2.20. The normalized spacial score (nSPS) is 13.0. The summed E-state index contributed by atoms with van der Waals surface area (Å²) in [5.41, 5.74) is 0. The molecule has 4 heteroatoms.